The van der Waals surface area contributed by atoms with Gasteiger partial charge in [0.1, 0.15) is 17.1 Å². The molecule has 0 radical (unpaired) electrons. The van der Waals surface area contributed by atoms with E-state index in [0.717, 1.165) is 42.8 Å². The number of carbonyl (C=O) groups is 1. The number of ether oxygens (including phenoxy) is 1. The van der Waals surface area contributed by atoms with E-state index in [-0.39, 0.29) is 24.1 Å². The lowest BCUT2D eigenvalue weighted by Gasteiger charge is -2.28. The summed E-state index contributed by atoms with van der Waals surface area (Å²) >= 11 is 1.57. The number of hydrogen-bond acceptors (Lipinski definition) is 5. The number of benzene rings is 1. The van der Waals surface area contributed by atoms with Crippen molar-refractivity contribution in [2.75, 3.05) is 12.9 Å². The molecule has 0 atom stereocenters. The predicted molar refractivity (Wildman–Crippen MR) is 103 cm³/mol. The van der Waals surface area contributed by atoms with E-state index < -0.39 is 11.7 Å². The van der Waals surface area contributed by atoms with Crippen molar-refractivity contribution in [3.8, 4) is 11.6 Å². The van der Waals surface area contributed by atoms with Crippen LogP contribution >= 0.6 is 11.8 Å². The zero-order valence-corrected chi connectivity index (χ0v) is 16.0. The van der Waals surface area contributed by atoms with Crippen LogP contribution in [0.2, 0.25) is 0 Å². The van der Waals surface area contributed by atoms with Gasteiger partial charge in [0.25, 0.3) is 5.91 Å². The maximum atomic E-state index is 13.7. The molecule has 1 heterocycles. The number of amides is 1. The molecule has 0 aliphatic heterocycles. The van der Waals surface area contributed by atoms with Crippen LogP contribution in [0.15, 0.2) is 41.4 Å². The molecule has 144 valence electrons. The third kappa shape index (κ3) is 5.20. The number of nitrogens with zero attached hydrogens (tertiary/aromatic N) is 1. The van der Waals surface area contributed by atoms with E-state index in [9.17, 15) is 14.3 Å². The zero-order valence-electron chi connectivity index (χ0n) is 15.2. The number of rotatable bonds is 6. The van der Waals surface area contributed by atoms with Gasteiger partial charge in [-0.25, -0.2) is 9.37 Å². The second-order valence-electron chi connectivity index (χ2n) is 6.66. The highest BCUT2D eigenvalue weighted by Gasteiger charge is 2.24. The van der Waals surface area contributed by atoms with Gasteiger partial charge in [-0.3, -0.25) is 4.79 Å². The Morgan fingerprint density at radius 2 is 2.11 bits per heavy atom. The highest BCUT2D eigenvalue weighted by atomic mass is 32.2. The van der Waals surface area contributed by atoms with Crippen LogP contribution in [0.1, 0.15) is 36.0 Å². The van der Waals surface area contributed by atoms with Gasteiger partial charge in [-0.1, -0.05) is 6.07 Å². The maximum Gasteiger partial charge on any atom is 0.257 e. The predicted octanol–water partition coefficient (Wildman–Crippen LogP) is 4.02. The maximum absolute atomic E-state index is 13.7. The minimum atomic E-state index is -0.589. The molecule has 2 aromatic rings. The number of halogens is 1. The van der Waals surface area contributed by atoms with Crippen LogP contribution in [0.5, 0.6) is 11.6 Å². The van der Waals surface area contributed by atoms with Gasteiger partial charge in [0.05, 0.1) is 6.20 Å². The molecule has 1 aromatic heterocycles. The molecule has 0 unspecified atom stereocenters. The van der Waals surface area contributed by atoms with E-state index in [1.807, 2.05) is 24.5 Å². The van der Waals surface area contributed by atoms with Crippen LogP contribution in [-0.2, 0) is 0 Å². The second kappa shape index (κ2) is 9.19. The lowest BCUT2D eigenvalue weighted by Crippen LogP contribution is -2.38. The van der Waals surface area contributed by atoms with Gasteiger partial charge in [-0.2, -0.15) is 0 Å². The molecule has 1 aromatic carbocycles. The molecule has 1 fully saturated rings. The summed E-state index contributed by atoms with van der Waals surface area (Å²) in [4.78, 5) is 17.7. The van der Waals surface area contributed by atoms with Gasteiger partial charge < -0.3 is 15.2 Å². The highest BCUT2D eigenvalue weighted by molar-refractivity contribution is 7.98. The van der Waals surface area contributed by atoms with E-state index in [0.29, 0.717) is 11.7 Å². The normalized spacial score (nSPS) is 19.5. The summed E-state index contributed by atoms with van der Waals surface area (Å²) in [7, 11) is 0. The van der Waals surface area contributed by atoms with Crippen molar-refractivity contribution in [3.63, 3.8) is 0 Å². The molecule has 1 amide bonds. The number of carbonyl (C=O) groups excluding carboxylic acids is 1. The summed E-state index contributed by atoms with van der Waals surface area (Å²) in [6.07, 6.45) is 6.33. The number of thioether (sulfide) groups is 1. The molecular formula is C20H23FN2O3S. The van der Waals surface area contributed by atoms with Crippen LogP contribution in [0.3, 0.4) is 0 Å². The van der Waals surface area contributed by atoms with E-state index >= 15 is 0 Å². The van der Waals surface area contributed by atoms with Gasteiger partial charge >= 0.3 is 0 Å². The largest absolute Gasteiger partial charge is 0.438 e. The average Bonchev–Trinajstić information content (AvgIpc) is 2.70. The Morgan fingerprint density at radius 3 is 2.81 bits per heavy atom. The summed E-state index contributed by atoms with van der Waals surface area (Å²) in [5, 5.41) is 12.2. The van der Waals surface area contributed by atoms with Crippen molar-refractivity contribution in [1.82, 2.24) is 10.3 Å². The van der Waals surface area contributed by atoms with Crippen molar-refractivity contribution in [2.45, 2.75) is 36.6 Å². The van der Waals surface area contributed by atoms with Crippen molar-refractivity contribution < 1.29 is 19.0 Å². The number of aliphatic hydroxyl groups is 1. The van der Waals surface area contributed by atoms with E-state index in [2.05, 4.69) is 10.3 Å². The summed E-state index contributed by atoms with van der Waals surface area (Å²) in [5.74, 6) is -0.0638. The first-order valence-corrected chi connectivity index (χ1v) is 10.2. The van der Waals surface area contributed by atoms with Crippen LogP contribution in [0.25, 0.3) is 0 Å². The first-order valence-electron chi connectivity index (χ1n) is 8.98. The Bertz CT molecular complexity index is 795. The Kier molecular flexibility index (Phi) is 6.68. The van der Waals surface area contributed by atoms with Crippen LogP contribution in [-0.4, -0.2) is 34.9 Å². The minimum Gasteiger partial charge on any atom is -0.438 e. The van der Waals surface area contributed by atoms with Crippen LogP contribution < -0.4 is 10.1 Å². The highest BCUT2D eigenvalue weighted by Crippen LogP contribution is 2.28. The summed E-state index contributed by atoms with van der Waals surface area (Å²) in [6, 6.07) is 8.57. The topological polar surface area (TPSA) is 71.5 Å². The smallest absolute Gasteiger partial charge is 0.257 e. The lowest BCUT2D eigenvalue weighted by atomic mass is 9.86. The van der Waals surface area contributed by atoms with Crippen molar-refractivity contribution in [2.24, 2.45) is 5.92 Å². The monoisotopic (exact) mass is 390 g/mol. The van der Waals surface area contributed by atoms with Gasteiger partial charge in [-0.15, -0.1) is 11.8 Å². The zero-order chi connectivity index (χ0) is 19.2. The molecule has 0 saturated heterocycles. The molecule has 1 aliphatic rings. The van der Waals surface area contributed by atoms with Crippen molar-refractivity contribution >= 4 is 17.7 Å². The first kappa shape index (κ1) is 19.6. The SMILES string of the molecule is CSc1cccc(Oc2ncc(F)cc2C(=O)NC2CCC(CO)CC2)c1. The molecule has 0 bridgehead atoms. The Labute approximate surface area is 162 Å². The molecule has 2 N–H and O–H groups in total. The fourth-order valence-corrected chi connectivity index (χ4v) is 3.65. The second-order valence-corrected chi connectivity index (χ2v) is 7.54. The number of aromatic nitrogens is 1. The van der Waals surface area contributed by atoms with Gasteiger partial charge in [0.2, 0.25) is 5.88 Å². The molecule has 3 rings (SSSR count). The molecule has 27 heavy (non-hydrogen) atoms. The Hall–Kier alpha value is -2.12. The molecular weight excluding hydrogens is 367 g/mol. The van der Waals surface area contributed by atoms with Crippen LogP contribution in [0.4, 0.5) is 4.39 Å². The van der Waals surface area contributed by atoms with E-state index in [1.54, 1.807) is 17.8 Å². The summed E-state index contributed by atoms with van der Waals surface area (Å²) < 4.78 is 19.5. The van der Waals surface area contributed by atoms with E-state index in [1.165, 1.54) is 0 Å². The van der Waals surface area contributed by atoms with Crippen LogP contribution in [0, 0.1) is 11.7 Å². The van der Waals surface area contributed by atoms with Gasteiger partial charge in [0, 0.05) is 17.5 Å². The third-order valence-corrected chi connectivity index (χ3v) is 5.48. The first-order chi connectivity index (χ1) is 13.1. The molecule has 7 heteroatoms. The average molecular weight is 390 g/mol. The quantitative estimate of drug-likeness (QED) is 0.729. The fraction of sp³-hybridized carbons (Fsp3) is 0.400. The number of hydrogen-bond donors (Lipinski definition) is 2. The molecule has 1 aliphatic carbocycles. The Balaban J connectivity index is 1.74. The number of nitrogens with one attached hydrogen (secondary N) is 1. The summed E-state index contributed by atoms with van der Waals surface area (Å²) in [5.41, 5.74) is 0.0776. The summed E-state index contributed by atoms with van der Waals surface area (Å²) in [6.45, 7) is 0.182. The third-order valence-electron chi connectivity index (χ3n) is 4.76. The lowest BCUT2D eigenvalue weighted by molar-refractivity contribution is 0.0910. The minimum absolute atomic E-state index is 0.0104. The van der Waals surface area contributed by atoms with Gasteiger partial charge in [-0.05, 0) is 62.1 Å². The number of pyridine rings is 1. The standard InChI is InChI=1S/C20H23FN2O3S/c1-27-17-4-2-3-16(10-17)26-20-18(9-14(21)11-22-20)19(25)23-15-7-5-13(12-24)6-8-15/h2-4,9-11,13,15,24H,5-8,12H2,1H3,(H,23,25). The number of aliphatic hydroxyl groups excluding tert-OH is 1. The fourth-order valence-electron chi connectivity index (χ4n) is 3.20. The van der Waals surface area contributed by atoms with Gasteiger partial charge in [0.15, 0.2) is 0 Å². The molecule has 5 nitrogen and oxygen atoms in total. The Morgan fingerprint density at radius 1 is 1.33 bits per heavy atom. The molecule has 1 saturated carbocycles. The molecule has 0 spiro atoms. The van der Waals surface area contributed by atoms with Crippen molar-refractivity contribution in [1.29, 1.82) is 0 Å². The van der Waals surface area contributed by atoms with Crippen molar-refractivity contribution in [3.05, 3.63) is 47.9 Å². The van der Waals surface area contributed by atoms with E-state index in [4.69, 9.17) is 4.74 Å².